The quantitative estimate of drug-likeness (QED) is 0.715. The van der Waals surface area contributed by atoms with Crippen LogP contribution in [0, 0.1) is 0 Å². The Hall–Kier alpha value is -2.62. The third kappa shape index (κ3) is 3.25. The van der Waals surface area contributed by atoms with Gasteiger partial charge in [0.2, 0.25) is 0 Å². The Morgan fingerprint density at radius 2 is 2.07 bits per heavy atom. The number of hydrogen-bond acceptors (Lipinski definition) is 8. The molecule has 0 radical (unpaired) electrons. The number of hydrogen-bond donors (Lipinski definition) is 1. The highest BCUT2D eigenvalue weighted by Crippen LogP contribution is 2.39. The molecule has 1 unspecified atom stereocenters. The van der Waals surface area contributed by atoms with E-state index in [1.54, 1.807) is 20.3 Å². The summed E-state index contributed by atoms with van der Waals surface area (Å²) in [6, 6.07) is 7.31. The average Bonchev–Trinajstić information content (AvgIpc) is 3.31. The van der Waals surface area contributed by atoms with Crippen molar-refractivity contribution in [1.29, 1.82) is 0 Å². The lowest BCUT2D eigenvalue weighted by atomic mass is 9.95. The first kappa shape index (κ1) is 17.8. The summed E-state index contributed by atoms with van der Waals surface area (Å²) < 4.78 is 17.3. The molecule has 1 N–H and O–H groups in total. The van der Waals surface area contributed by atoms with Gasteiger partial charge in [0.1, 0.15) is 18.2 Å². The number of aromatic nitrogens is 2. The molecule has 0 saturated carbocycles. The molecule has 1 aromatic carbocycles. The zero-order valence-electron chi connectivity index (χ0n) is 14.9. The van der Waals surface area contributed by atoms with Crippen LogP contribution in [0.1, 0.15) is 17.2 Å². The van der Waals surface area contributed by atoms with Crippen LogP contribution >= 0.6 is 11.3 Å². The molecule has 27 heavy (non-hydrogen) atoms. The summed E-state index contributed by atoms with van der Waals surface area (Å²) in [6.45, 7) is 1.02. The molecule has 1 atom stereocenters. The molecule has 0 amide bonds. The minimum atomic E-state index is -0.766. The van der Waals surface area contributed by atoms with Crippen LogP contribution < -0.4 is 15.2 Å². The second-order valence-corrected chi connectivity index (χ2v) is 7.13. The fourth-order valence-corrected chi connectivity index (χ4v) is 3.98. The van der Waals surface area contributed by atoms with Crippen LogP contribution in [0.15, 0.2) is 38.9 Å². The predicted octanol–water partition coefficient (Wildman–Crippen LogP) is 2.09. The minimum Gasteiger partial charge on any atom is -0.496 e. The molecule has 8 nitrogen and oxygen atoms in total. The van der Waals surface area contributed by atoms with Crippen molar-refractivity contribution in [3.8, 4) is 22.3 Å². The first-order chi connectivity index (χ1) is 13.1. The van der Waals surface area contributed by atoms with E-state index in [1.165, 1.54) is 16.0 Å². The molecule has 4 rings (SSSR count). The Labute approximate surface area is 159 Å². The molecule has 9 heteroatoms. The first-order valence-electron chi connectivity index (χ1n) is 8.36. The van der Waals surface area contributed by atoms with Crippen LogP contribution in [-0.2, 0) is 13.2 Å². The highest BCUT2D eigenvalue weighted by Gasteiger charge is 2.30. The van der Waals surface area contributed by atoms with Crippen molar-refractivity contribution >= 4 is 11.3 Å². The lowest BCUT2D eigenvalue weighted by molar-refractivity contribution is 0.0658. The first-order valence-corrected chi connectivity index (χ1v) is 9.24. The smallest absolute Gasteiger partial charge is 0.438 e. The molecule has 1 aliphatic rings. The average molecular weight is 389 g/mol. The fourth-order valence-electron chi connectivity index (χ4n) is 3.34. The Kier molecular flexibility index (Phi) is 4.73. The van der Waals surface area contributed by atoms with Gasteiger partial charge in [0.25, 0.3) is 5.89 Å². The third-order valence-electron chi connectivity index (χ3n) is 4.53. The van der Waals surface area contributed by atoms with Gasteiger partial charge in [-0.3, -0.25) is 4.90 Å². The van der Waals surface area contributed by atoms with Crippen molar-refractivity contribution in [2.45, 2.75) is 19.3 Å². The van der Waals surface area contributed by atoms with Crippen molar-refractivity contribution in [3.05, 3.63) is 51.3 Å². The maximum atomic E-state index is 12.2. The van der Waals surface area contributed by atoms with Crippen LogP contribution in [0.3, 0.4) is 0 Å². The van der Waals surface area contributed by atoms with Crippen LogP contribution in [0.5, 0.6) is 11.5 Å². The zero-order valence-corrected chi connectivity index (χ0v) is 15.7. The Bertz CT molecular complexity index is 995. The van der Waals surface area contributed by atoms with Crippen molar-refractivity contribution in [2.75, 3.05) is 20.8 Å². The van der Waals surface area contributed by atoms with Gasteiger partial charge in [-0.15, -0.1) is 16.4 Å². The van der Waals surface area contributed by atoms with E-state index in [4.69, 9.17) is 13.9 Å². The summed E-state index contributed by atoms with van der Waals surface area (Å²) in [7, 11) is 3.16. The maximum Gasteiger partial charge on any atom is 0.438 e. The molecular formula is C18H19N3O5S. The summed E-state index contributed by atoms with van der Waals surface area (Å²) in [4.78, 5) is 14.9. The molecule has 3 heterocycles. The van der Waals surface area contributed by atoms with Crippen molar-refractivity contribution < 1.29 is 19.0 Å². The van der Waals surface area contributed by atoms with Gasteiger partial charge in [0.05, 0.1) is 25.2 Å². The molecule has 0 spiro atoms. The molecule has 1 aliphatic heterocycles. The number of β-amino-alcohol motifs (C(OH)–C–C–N with tert-alkyl or cyclic N) is 1. The molecular weight excluding hydrogens is 370 g/mol. The van der Waals surface area contributed by atoms with E-state index in [0.717, 1.165) is 16.0 Å². The monoisotopic (exact) mass is 389 g/mol. The maximum absolute atomic E-state index is 12.2. The largest absolute Gasteiger partial charge is 0.496 e. The van der Waals surface area contributed by atoms with E-state index < -0.39 is 11.9 Å². The van der Waals surface area contributed by atoms with Gasteiger partial charge in [0, 0.05) is 24.2 Å². The Morgan fingerprint density at radius 1 is 1.30 bits per heavy atom. The van der Waals surface area contributed by atoms with E-state index in [2.05, 4.69) is 5.10 Å². The van der Waals surface area contributed by atoms with E-state index in [9.17, 15) is 9.90 Å². The van der Waals surface area contributed by atoms with Gasteiger partial charge in [-0.2, -0.15) is 4.68 Å². The van der Waals surface area contributed by atoms with Crippen LogP contribution in [-0.4, -0.2) is 40.6 Å². The molecule has 0 aliphatic carbocycles. The SMILES string of the molecule is COc1ccc(OC)c2c1CN(Cn1nc(-c3cccs3)oc1=O)CC2O. The van der Waals surface area contributed by atoms with Gasteiger partial charge in [-0.05, 0) is 23.6 Å². The molecule has 0 bridgehead atoms. The molecule has 142 valence electrons. The number of thiophene rings is 1. The Balaban J connectivity index is 1.62. The zero-order chi connectivity index (χ0) is 19.0. The molecule has 3 aromatic rings. The van der Waals surface area contributed by atoms with Crippen molar-refractivity contribution in [1.82, 2.24) is 14.7 Å². The molecule has 0 fully saturated rings. The number of benzene rings is 1. The minimum absolute atomic E-state index is 0.199. The predicted molar refractivity (Wildman–Crippen MR) is 99.0 cm³/mol. The lowest BCUT2D eigenvalue weighted by Gasteiger charge is -2.33. The lowest BCUT2D eigenvalue weighted by Crippen LogP contribution is -2.37. The van der Waals surface area contributed by atoms with Crippen LogP contribution in [0.4, 0.5) is 0 Å². The number of aliphatic hydroxyl groups is 1. The Morgan fingerprint density at radius 3 is 2.78 bits per heavy atom. The van der Waals surface area contributed by atoms with Crippen LogP contribution in [0.2, 0.25) is 0 Å². The van der Waals surface area contributed by atoms with Gasteiger partial charge in [0.15, 0.2) is 0 Å². The third-order valence-corrected chi connectivity index (χ3v) is 5.39. The normalized spacial score (nSPS) is 16.9. The highest BCUT2D eigenvalue weighted by molar-refractivity contribution is 7.13. The highest BCUT2D eigenvalue weighted by atomic mass is 32.1. The van der Waals surface area contributed by atoms with E-state index in [1.807, 2.05) is 28.5 Å². The standard InChI is InChI=1S/C18H19N3O5S/c1-24-13-5-6-14(25-2)16-11(13)8-20(9-12(16)22)10-21-18(23)26-17(19-21)15-4-3-7-27-15/h3-7,12,22H,8-10H2,1-2H3. The van der Waals surface area contributed by atoms with Gasteiger partial charge >= 0.3 is 5.76 Å². The summed E-state index contributed by atoms with van der Waals surface area (Å²) in [5.74, 6) is 1.06. The summed E-state index contributed by atoms with van der Waals surface area (Å²) in [5.41, 5.74) is 1.56. The number of ether oxygens (including phenoxy) is 2. The van der Waals surface area contributed by atoms with Gasteiger partial charge in [-0.25, -0.2) is 4.79 Å². The fraction of sp³-hybridized carbons (Fsp3) is 0.333. The summed E-state index contributed by atoms with van der Waals surface area (Å²) in [5, 5.41) is 16.8. The second-order valence-electron chi connectivity index (χ2n) is 6.18. The summed E-state index contributed by atoms with van der Waals surface area (Å²) in [6.07, 6.45) is -0.766. The molecule has 2 aromatic heterocycles. The van der Waals surface area contributed by atoms with Gasteiger partial charge in [-0.1, -0.05) is 6.07 Å². The number of rotatable bonds is 5. The van der Waals surface area contributed by atoms with Crippen LogP contribution in [0.25, 0.3) is 10.8 Å². The van der Waals surface area contributed by atoms with E-state index in [0.29, 0.717) is 30.5 Å². The second kappa shape index (κ2) is 7.18. The number of fused-ring (bicyclic) bond motifs is 1. The molecule has 0 saturated heterocycles. The number of nitrogens with zero attached hydrogens (tertiary/aromatic N) is 3. The topological polar surface area (TPSA) is 90.0 Å². The van der Waals surface area contributed by atoms with Gasteiger partial charge < -0.3 is 19.0 Å². The van der Waals surface area contributed by atoms with Crippen molar-refractivity contribution in [2.24, 2.45) is 0 Å². The number of methoxy groups -OCH3 is 2. The van der Waals surface area contributed by atoms with E-state index in [-0.39, 0.29) is 6.67 Å². The van der Waals surface area contributed by atoms with E-state index >= 15 is 0 Å². The summed E-state index contributed by atoms with van der Waals surface area (Å²) >= 11 is 1.45. The number of aliphatic hydroxyl groups excluding tert-OH is 1. The van der Waals surface area contributed by atoms with Crippen molar-refractivity contribution in [3.63, 3.8) is 0 Å².